The summed E-state index contributed by atoms with van der Waals surface area (Å²) >= 11 is 0. The van der Waals surface area contributed by atoms with E-state index in [1.54, 1.807) is 19.1 Å². The van der Waals surface area contributed by atoms with Gasteiger partial charge in [-0.2, -0.15) is 0 Å². The summed E-state index contributed by atoms with van der Waals surface area (Å²) in [5.74, 6) is -2.70. The number of phenolic OH excluding ortho intramolecular Hbond substituents is 1. The van der Waals surface area contributed by atoms with Gasteiger partial charge < -0.3 is 41.6 Å². The van der Waals surface area contributed by atoms with E-state index in [2.05, 4.69) is 26.0 Å². The van der Waals surface area contributed by atoms with E-state index in [9.17, 15) is 29.1 Å². The fourth-order valence-electron chi connectivity index (χ4n) is 3.76. The number of rotatable bonds is 14. The summed E-state index contributed by atoms with van der Waals surface area (Å²) in [7, 11) is 1.17. The maximum atomic E-state index is 13.3. The van der Waals surface area contributed by atoms with Crippen LogP contribution in [-0.4, -0.2) is 60.8 Å². The Balaban J connectivity index is 2.14. The first kappa shape index (κ1) is 32.4. The van der Waals surface area contributed by atoms with Gasteiger partial charge in [-0.3, -0.25) is 9.59 Å². The Labute approximate surface area is 238 Å². The van der Waals surface area contributed by atoms with Crippen molar-refractivity contribution in [1.82, 2.24) is 16.0 Å². The SMILES string of the molecule is CCC(C)C(NC(=O)OCc1ccccc1)C(=O)NC(CCCNC(N)=O)C(=O)Nc1ccc(C(=O)OC)c(O)c1. The number of alkyl carbamates (subject to hydrolysis) is 1. The normalized spacial score (nSPS) is 12.7. The van der Waals surface area contributed by atoms with Gasteiger partial charge in [0.15, 0.2) is 0 Å². The third-order valence-corrected chi connectivity index (χ3v) is 6.25. The minimum absolute atomic E-state index is 0.0149. The van der Waals surface area contributed by atoms with Crippen LogP contribution in [0.3, 0.4) is 0 Å². The molecule has 2 aromatic carbocycles. The minimum atomic E-state index is -1.09. The van der Waals surface area contributed by atoms with Gasteiger partial charge in [0.05, 0.1) is 7.11 Å². The molecule has 0 bridgehead atoms. The molecule has 0 aliphatic carbocycles. The maximum Gasteiger partial charge on any atom is 0.408 e. The summed E-state index contributed by atoms with van der Waals surface area (Å²) in [6.45, 7) is 3.80. The molecule has 41 heavy (non-hydrogen) atoms. The van der Waals surface area contributed by atoms with Gasteiger partial charge in [0.2, 0.25) is 11.8 Å². The van der Waals surface area contributed by atoms with E-state index in [-0.39, 0.29) is 43.2 Å². The molecule has 5 amide bonds. The van der Waals surface area contributed by atoms with Crippen LogP contribution >= 0.6 is 0 Å². The first-order chi connectivity index (χ1) is 19.5. The molecular formula is C28H37N5O8. The average molecular weight is 572 g/mol. The summed E-state index contributed by atoms with van der Waals surface area (Å²) in [6.07, 6.45) is 0.147. The summed E-state index contributed by atoms with van der Waals surface area (Å²) in [5.41, 5.74) is 5.95. The number of anilines is 1. The molecule has 13 heteroatoms. The second kappa shape index (κ2) is 16.3. The number of hydrogen-bond donors (Lipinski definition) is 6. The number of nitrogens with two attached hydrogens (primary N) is 1. The lowest BCUT2D eigenvalue weighted by Gasteiger charge is -2.26. The Hall–Kier alpha value is -4.81. The highest BCUT2D eigenvalue weighted by Gasteiger charge is 2.30. The van der Waals surface area contributed by atoms with Crippen LogP contribution in [0.2, 0.25) is 0 Å². The van der Waals surface area contributed by atoms with E-state index in [0.717, 1.165) is 5.56 Å². The molecule has 0 fully saturated rings. The second-order valence-corrected chi connectivity index (χ2v) is 9.28. The van der Waals surface area contributed by atoms with Crippen LogP contribution < -0.4 is 27.0 Å². The zero-order valence-corrected chi connectivity index (χ0v) is 23.3. The molecule has 0 saturated carbocycles. The minimum Gasteiger partial charge on any atom is -0.507 e. The van der Waals surface area contributed by atoms with Crippen molar-refractivity contribution in [3.05, 3.63) is 59.7 Å². The third kappa shape index (κ3) is 10.7. The van der Waals surface area contributed by atoms with Crippen LogP contribution in [0.4, 0.5) is 15.3 Å². The molecule has 0 spiro atoms. The summed E-state index contributed by atoms with van der Waals surface area (Å²) < 4.78 is 9.86. The van der Waals surface area contributed by atoms with Crippen molar-refractivity contribution in [3.63, 3.8) is 0 Å². The summed E-state index contributed by atoms with van der Waals surface area (Å²) in [6, 6.07) is 10.1. The monoisotopic (exact) mass is 571 g/mol. The van der Waals surface area contributed by atoms with Crippen LogP contribution in [0.1, 0.15) is 49.0 Å². The molecule has 3 unspecified atom stereocenters. The molecule has 0 aromatic heterocycles. The van der Waals surface area contributed by atoms with Gasteiger partial charge in [-0.25, -0.2) is 14.4 Å². The number of benzene rings is 2. The first-order valence-corrected chi connectivity index (χ1v) is 13.1. The van der Waals surface area contributed by atoms with Crippen molar-refractivity contribution in [1.29, 1.82) is 0 Å². The van der Waals surface area contributed by atoms with E-state index >= 15 is 0 Å². The smallest absolute Gasteiger partial charge is 0.408 e. The Bertz CT molecular complexity index is 1210. The highest BCUT2D eigenvalue weighted by atomic mass is 16.5. The van der Waals surface area contributed by atoms with Crippen LogP contribution in [0, 0.1) is 5.92 Å². The summed E-state index contributed by atoms with van der Waals surface area (Å²) in [5, 5.41) is 20.4. The van der Waals surface area contributed by atoms with Gasteiger partial charge in [0.25, 0.3) is 0 Å². The highest BCUT2D eigenvalue weighted by Crippen LogP contribution is 2.23. The highest BCUT2D eigenvalue weighted by molar-refractivity contribution is 5.99. The number of esters is 1. The summed E-state index contributed by atoms with van der Waals surface area (Å²) in [4.78, 5) is 61.8. The lowest BCUT2D eigenvalue weighted by Crippen LogP contribution is -2.55. The number of primary amides is 1. The van der Waals surface area contributed by atoms with Gasteiger partial charge in [0.1, 0.15) is 30.0 Å². The van der Waals surface area contributed by atoms with Crippen molar-refractivity contribution < 1.29 is 38.6 Å². The Morgan fingerprint density at radius 1 is 1.00 bits per heavy atom. The number of methoxy groups -OCH3 is 1. The number of hydrogen-bond acceptors (Lipinski definition) is 8. The Morgan fingerprint density at radius 3 is 2.32 bits per heavy atom. The molecular weight excluding hydrogens is 534 g/mol. The molecule has 3 atom stereocenters. The van der Waals surface area contributed by atoms with E-state index in [0.29, 0.717) is 6.42 Å². The van der Waals surface area contributed by atoms with Crippen LogP contribution in [0.15, 0.2) is 48.5 Å². The number of nitrogens with one attached hydrogen (secondary N) is 4. The van der Waals surface area contributed by atoms with Crippen LogP contribution in [0.25, 0.3) is 0 Å². The van der Waals surface area contributed by atoms with E-state index in [1.807, 2.05) is 25.1 Å². The number of urea groups is 1. The van der Waals surface area contributed by atoms with Gasteiger partial charge in [-0.05, 0) is 36.5 Å². The number of carbonyl (C=O) groups excluding carboxylic acids is 5. The molecule has 0 saturated heterocycles. The lowest BCUT2D eigenvalue weighted by molar-refractivity contribution is -0.128. The molecule has 2 rings (SSSR count). The number of aromatic hydroxyl groups is 1. The maximum absolute atomic E-state index is 13.3. The van der Waals surface area contributed by atoms with Crippen molar-refractivity contribution in [2.24, 2.45) is 11.7 Å². The Kier molecular flexibility index (Phi) is 12.9. The van der Waals surface area contributed by atoms with Gasteiger partial charge in [0, 0.05) is 18.3 Å². The zero-order valence-electron chi connectivity index (χ0n) is 23.3. The van der Waals surface area contributed by atoms with Crippen molar-refractivity contribution in [2.45, 2.75) is 51.8 Å². The van der Waals surface area contributed by atoms with Crippen molar-refractivity contribution in [3.8, 4) is 5.75 Å². The largest absolute Gasteiger partial charge is 0.507 e. The van der Waals surface area contributed by atoms with Gasteiger partial charge in [-0.15, -0.1) is 0 Å². The van der Waals surface area contributed by atoms with E-state index in [4.69, 9.17) is 10.5 Å². The predicted octanol–water partition coefficient (Wildman–Crippen LogP) is 2.39. The molecule has 2 aromatic rings. The van der Waals surface area contributed by atoms with Crippen LogP contribution in [0.5, 0.6) is 5.75 Å². The number of carbonyl (C=O) groups is 5. The quantitative estimate of drug-likeness (QED) is 0.147. The average Bonchev–Trinajstić information content (AvgIpc) is 2.95. The topological polar surface area (TPSA) is 198 Å². The number of phenols is 1. The molecule has 13 nitrogen and oxygen atoms in total. The number of ether oxygens (including phenoxy) is 2. The van der Waals surface area contributed by atoms with E-state index in [1.165, 1.54) is 25.3 Å². The van der Waals surface area contributed by atoms with Crippen molar-refractivity contribution >= 4 is 35.6 Å². The first-order valence-electron chi connectivity index (χ1n) is 13.1. The number of amides is 5. The molecule has 0 heterocycles. The predicted molar refractivity (Wildman–Crippen MR) is 150 cm³/mol. The van der Waals surface area contributed by atoms with Gasteiger partial charge >= 0.3 is 18.1 Å². The van der Waals surface area contributed by atoms with Crippen LogP contribution in [-0.2, 0) is 25.7 Å². The van der Waals surface area contributed by atoms with Gasteiger partial charge in [-0.1, -0.05) is 50.6 Å². The van der Waals surface area contributed by atoms with E-state index < -0.39 is 47.7 Å². The molecule has 7 N–H and O–H groups in total. The molecule has 0 aliphatic rings. The lowest BCUT2D eigenvalue weighted by atomic mass is 9.97. The third-order valence-electron chi connectivity index (χ3n) is 6.25. The second-order valence-electron chi connectivity index (χ2n) is 9.28. The Morgan fingerprint density at radius 2 is 1.71 bits per heavy atom. The standard InChI is InChI=1S/C28H37N5O8/c1-4-17(2)23(33-28(39)41-16-18-9-6-5-7-10-18)25(36)32-21(11-8-14-30-27(29)38)24(35)31-19-12-13-20(22(34)15-19)26(37)40-3/h5-7,9-10,12-13,15,17,21,23,34H,4,8,11,14,16H2,1-3H3,(H,31,35)(H,32,36)(H,33,39)(H3,29,30,38). The fraction of sp³-hybridized carbons (Fsp3) is 0.393. The molecule has 0 radical (unpaired) electrons. The zero-order chi connectivity index (χ0) is 30.4. The van der Waals surface area contributed by atoms with Crippen molar-refractivity contribution in [2.75, 3.05) is 19.0 Å². The fourth-order valence-corrected chi connectivity index (χ4v) is 3.76. The molecule has 0 aliphatic heterocycles. The molecule has 222 valence electrons.